The summed E-state index contributed by atoms with van der Waals surface area (Å²) in [5, 5.41) is 13.4. The van der Waals surface area contributed by atoms with E-state index < -0.39 is 22.8 Å². The van der Waals surface area contributed by atoms with Gasteiger partial charge in [0.25, 0.3) is 11.6 Å². The molecule has 2 aromatic rings. The van der Waals surface area contributed by atoms with E-state index in [4.69, 9.17) is 4.74 Å². The van der Waals surface area contributed by atoms with Crippen LogP contribution in [0, 0.1) is 10.1 Å². The topological polar surface area (TPSA) is 98.5 Å². The summed E-state index contributed by atoms with van der Waals surface area (Å²) < 4.78 is 5.55. The van der Waals surface area contributed by atoms with Gasteiger partial charge < -0.3 is 10.1 Å². The first-order chi connectivity index (χ1) is 11.9. The SMILES string of the molecule is COC(=O)[C@@H](Cc1ccccc1Br)NC(=O)c1cccc([N+](=O)[O-])c1. The number of ether oxygens (including phenoxy) is 1. The van der Waals surface area contributed by atoms with Crippen LogP contribution >= 0.6 is 15.9 Å². The number of nitrogens with zero attached hydrogens (tertiary/aromatic N) is 1. The van der Waals surface area contributed by atoms with Crippen LogP contribution in [0.3, 0.4) is 0 Å². The molecule has 0 bridgehead atoms. The van der Waals surface area contributed by atoms with E-state index in [1.807, 2.05) is 24.3 Å². The van der Waals surface area contributed by atoms with Gasteiger partial charge in [-0.15, -0.1) is 0 Å². The summed E-state index contributed by atoms with van der Waals surface area (Å²) in [6.45, 7) is 0. The molecule has 0 unspecified atom stereocenters. The fourth-order valence-electron chi connectivity index (χ4n) is 2.22. The number of halogens is 1. The third-order valence-electron chi connectivity index (χ3n) is 3.49. The lowest BCUT2D eigenvalue weighted by atomic mass is 10.1. The summed E-state index contributed by atoms with van der Waals surface area (Å²) in [5.74, 6) is -1.19. The first-order valence-electron chi connectivity index (χ1n) is 7.29. The second-order valence-electron chi connectivity index (χ2n) is 5.15. The van der Waals surface area contributed by atoms with Gasteiger partial charge in [-0.05, 0) is 17.7 Å². The lowest BCUT2D eigenvalue weighted by Gasteiger charge is -2.17. The van der Waals surface area contributed by atoms with Gasteiger partial charge in [-0.25, -0.2) is 4.79 Å². The molecule has 130 valence electrons. The Morgan fingerprint density at radius 1 is 1.24 bits per heavy atom. The molecule has 2 aromatic carbocycles. The van der Waals surface area contributed by atoms with Gasteiger partial charge in [0.15, 0.2) is 0 Å². The highest BCUT2D eigenvalue weighted by molar-refractivity contribution is 9.10. The molecule has 1 amide bonds. The molecule has 0 aliphatic rings. The largest absolute Gasteiger partial charge is 0.467 e. The minimum atomic E-state index is -0.921. The van der Waals surface area contributed by atoms with E-state index in [0.717, 1.165) is 16.1 Å². The number of esters is 1. The van der Waals surface area contributed by atoms with Crippen molar-refractivity contribution in [2.45, 2.75) is 12.5 Å². The van der Waals surface area contributed by atoms with Crippen molar-refractivity contribution < 1.29 is 19.2 Å². The molecule has 0 saturated heterocycles. The first kappa shape index (κ1) is 18.6. The number of carbonyl (C=O) groups excluding carboxylic acids is 2. The molecular weight excluding hydrogens is 392 g/mol. The average molecular weight is 407 g/mol. The predicted octanol–water partition coefficient (Wildman–Crippen LogP) is 2.87. The van der Waals surface area contributed by atoms with Crippen molar-refractivity contribution in [1.82, 2.24) is 5.32 Å². The van der Waals surface area contributed by atoms with E-state index in [9.17, 15) is 19.7 Å². The minimum absolute atomic E-state index is 0.0928. The number of hydrogen-bond acceptors (Lipinski definition) is 5. The molecule has 7 nitrogen and oxygen atoms in total. The van der Waals surface area contributed by atoms with Crippen molar-refractivity contribution in [1.29, 1.82) is 0 Å². The zero-order chi connectivity index (χ0) is 18.4. The molecule has 0 saturated carbocycles. The Morgan fingerprint density at radius 3 is 2.60 bits per heavy atom. The van der Waals surface area contributed by atoms with Crippen LogP contribution in [0.5, 0.6) is 0 Å². The van der Waals surface area contributed by atoms with Crippen LogP contribution < -0.4 is 5.32 Å². The van der Waals surface area contributed by atoms with E-state index in [0.29, 0.717) is 0 Å². The van der Waals surface area contributed by atoms with Gasteiger partial charge in [0.1, 0.15) is 6.04 Å². The molecule has 2 rings (SSSR count). The smallest absolute Gasteiger partial charge is 0.328 e. The van der Waals surface area contributed by atoms with Crippen LogP contribution in [0.4, 0.5) is 5.69 Å². The molecule has 1 atom stereocenters. The molecule has 0 spiro atoms. The maximum Gasteiger partial charge on any atom is 0.328 e. The number of carbonyl (C=O) groups is 2. The zero-order valence-electron chi connectivity index (χ0n) is 13.3. The Balaban J connectivity index is 2.21. The van der Waals surface area contributed by atoms with Gasteiger partial charge >= 0.3 is 5.97 Å². The molecule has 0 aliphatic carbocycles. The van der Waals surface area contributed by atoms with Gasteiger partial charge in [-0.1, -0.05) is 40.2 Å². The number of nitro benzene ring substituents is 1. The Bertz CT molecular complexity index is 809. The standard InChI is InChI=1S/C17H15BrN2O5/c1-25-17(22)15(10-11-5-2-3-8-14(11)18)19-16(21)12-6-4-7-13(9-12)20(23)24/h2-9,15H,10H2,1H3,(H,19,21)/t15-/m1/s1. The first-order valence-corrected chi connectivity index (χ1v) is 8.08. The maximum absolute atomic E-state index is 12.4. The summed E-state index contributed by atoms with van der Waals surface area (Å²) in [6.07, 6.45) is 0.217. The van der Waals surface area contributed by atoms with E-state index in [-0.39, 0.29) is 17.7 Å². The fraction of sp³-hybridized carbons (Fsp3) is 0.176. The third kappa shape index (κ3) is 4.87. The molecule has 0 aliphatic heterocycles. The summed E-state index contributed by atoms with van der Waals surface area (Å²) in [6, 6.07) is 11.7. The Labute approximate surface area is 152 Å². The molecule has 0 fully saturated rings. The highest BCUT2D eigenvalue weighted by atomic mass is 79.9. The van der Waals surface area contributed by atoms with Crippen LogP contribution in [0.2, 0.25) is 0 Å². The summed E-state index contributed by atoms with van der Waals surface area (Å²) in [5.41, 5.74) is 0.709. The van der Waals surface area contributed by atoms with Crippen molar-refractivity contribution in [2.75, 3.05) is 7.11 Å². The highest BCUT2D eigenvalue weighted by Gasteiger charge is 2.24. The number of benzene rings is 2. The maximum atomic E-state index is 12.4. The number of nitrogens with one attached hydrogen (secondary N) is 1. The summed E-state index contributed by atoms with van der Waals surface area (Å²) in [7, 11) is 1.23. The summed E-state index contributed by atoms with van der Waals surface area (Å²) >= 11 is 3.39. The Kier molecular flexibility index (Phi) is 6.24. The lowest BCUT2D eigenvalue weighted by molar-refractivity contribution is -0.384. The van der Waals surface area contributed by atoms with E-state index in [2.05, 4.69) is 21.2 Å². The zero-order valence-corrected chi connectivity index (χ0v) is 14.9. The monoisotopic (exact) mass is 406 g/mol. The number of non-ortho nitro benzene ring substituents is 1. The van der Waals surface area contributed by atoms with Crippen molar-refractivity contribution >= 4 is 33.5 Å². The number of hydrogen-bond donors (Lipinski definition) is 1. The van der Waals surface area contributed by atoms with Crippen LogP contribution in [-0.2, 0) is 16.0 Å². The third-order valence-corrected chi connectivity index (χ3v) is 4.27. The van der Waals surface area contributed by atoms with Crippen LogP contribution in [-0.4, -0.2) is 30.0 Å². The molecule has 1 N–H and O–H groups in total. The molecular formula is C17H15BrN2O5. The predicted molar refractivity (Wildman–Crippen MR) is 94.2 cm³/mol. The molecule has 0 aromatic heterocycles. The lowest BCUT2D eigenvalue weighted by Crippen LogP contribution is -2.43. The van der Waals surface area contributed by atoms with Crippen molar-refractivity contribution in [2.24, 2.45) is 0 Å². The van der Waals surface area contributed by atoms with Gasteiger partial charge in [0, 0.05) is 28.6 Å². The quantitative estimate of drug-likeness (QED) is 0.451. The second kappa shape index (κ2) is 8.39. The number of methoxy groups -OCH3 is 1. The summed E-state index contributed by atoms with van der Waals surface area (Å²) in [4.78, 5) is 34.6. The fourth-order valence-corrected chi connectivity index (χ4v) is 2.67. The second-order valence-corrected chi connectivity index (χ2v) is 6.01. The van der Waals surface area contributed by atoms with E-state index in [1.54, 1.807) is 0 Å². The normalized spacial score (nSPS) is 11.4. The minimum Gasteiger partial charge on any atom is -0.467 e. The molecule has 0 radical (unpaired) electrons. The van der Waals surface area contributed by atoms with Gasteiger partial charge in [0.2, 0.25) is 0 Å². The van der Waals surface area contributed by atoms with E-state index in [1.165, 1.54) is 25.3 Å². The molecule has 25 heavy (non-hydrogen) atoms. The van der Waals surface area contributed by atoms with Gasteiger partial charge in [0.05, 0.1) is 12.0 Å². The van der Waals surface area contributed by atoms with Crippen LogP contribution in [0.15, 0.2) is 53.0 Å². The van der Waals surface area contributed by atoms with Crippen LogP contribution in [0.25, 0.3) is 0 Å². The average Bonchev–Trinajstić information content (AvgIpc) is 2.62. The van der Waals surface area contributed by atoms with Gasteiger partial charge in [-0.3, -0.25) is 14.9 Å². The Morgan fingerprint density at radius 2 is 1.96 bits per heavy atom. The van der Waals surface area contributed by atoms with Crippen molar-refractivity contribution in [3.63, 3.8) is 0 Å². The van der Waals surface area contributed by atoms with Crippen molar-refractivity contribution in [3.8, 4) is 0 Å². The van der Waals surface area contributed by atoms with E-state index >= 15 is 0 Å². The number of nitro groups is 1. The van der Waals surface area contributed by atoms with Gasteiger partial charge in [-0.2, -0.15) is 0 Å². The van der Waals surface area contributed by atoms with Crippen LogP contribution in [0.1, 0.15) is 15.9 Å². The highest BCUT2D eigenvalue weighted by Crippen LogP contribution is 2.18. The molecule has 8 heteroatoms. The number of amides is 1. The Hall–Kier alpha value is -2.74. The number of rotatable bonds is 6. The van der Waals surface area contributed by atoms with Crippen molar-refractivity contribution in [3.05, 3.63) is 74.2 Å². The molecule has 0 heterocycles.